The second-order valence-corrected chi connectivity index (χ2v) is 3.67. The molecule has 0 aliphatic rings. The predicted molar refractivity (Wildman–Crippen MR) is 61.8 cm³/mol. The third-order valence-corrected chi connectivity index (χ3v) is 2.28. The molecule has 1 heterocycles. The van der Waals surface area contributed by atoms with Gasteiger partial charge in [0.05, 0.1) is 17.4 Å². The van der Waals surface area contributed by atoms with Gasteiger partial charge in [-0.05, 0) is 11.3 Å². The first-order valence-electron chi connectivity index (χ1n) is 5.63. The molecule has 1 amide bonds. The summed E-state index contributed by atoms with van der Waals surface area (Å²) in [5.41, 5.74) is 0. The van der Waals surface area contributed by atoms with Crippen molar-refractivity contribution in [3.05, 3.63) is 22.4 Å². The average Bonchev–Trinajstić information content (AvgIpc) is 2.78. The lowest BCUT2D eigenvalue weighted by molar-refractivity contribution is -0.389. The maximum absolute atomic E-state index is 11.5. The maximum atomic E-state index is 11.5. The first-order chi connectivity index (χ1) is 8.15. The zero-order chi connectivity index (χ0) is 12.7. The van der Waals surface area contributed by atoms with E-state index in [9.17, 15) is 14.9 Å². The van der Waals surface area contributed by atoms with Gasteiger partial charge in [0.25, 0.3) is 0 Å². The molecule has 0 saturated carbocycles. The Bertz CT molecular complexity index is 389. The van der Waals surface area contributed by atoms with Crippen LogP contribution in [0.25, 0.3) is 0 Å². The maximum Gasteiger partial charge on any atom is 0.390 e. The van der Waals surface area contributed by atoms with E-state index in [1.165, 1.54) is 12.3 Å². The lowest BCUT2D eigenvalue weighted by Crippen LogP contribution is -2.29. The van der Waals surface area contributed by atoms with Crippen molar-refractivity contribution in [2.24, 2.45) is 0 Å². The van der Waals surface area contributed by atoms with Crippen molar-refractivity contribution in [1.29, 1.82) is 0 Å². The summed E-state index contributed by atoms with van der Waals surface area (Å²) < 4.78 is 0.942. The number of unbranched alkanes of at least 4 members (excludes halogenated alkanes) is 3. The van der Waals surface area contributed by atoms with Gasteiger partial charge in [0, 0.05) is 6.54 Å². The summed E-state index contributed by atoms with van der Waals surface area (Å²) in [5.74, 6) is -0.328. The van der Waals surface area contributed by atoms with Crippen LogP contribution in [0, 0.1) is 10.1 Å². The van der Waals surface area contributed by atoms with Crippen LogP contribution in [0.5, 0.6) is 0 Å². The topological polar surface area (TPSA) is 90.1 Å². The van der Waals surface area contributed by atoms with Crippen LogP contribution in [-0.4, -0.2) is 27.3 Å². The highest BCUT2D eigenvalue weighted by molar-refractivity contribution is 5.75. The monoisotopic (exact) mass is 240 g/mol. The van der Waals surface area contributed by atoms with Crippen LogP contribution in [-0.2, 0) is 0 Å². The molecule has 0 unspecified atom stereocenters. The van der Waals surface area contributed by atoms with E-state index in [4.69, 9.17) is 0 Å². The van der Waals surface area contributed by atoms with Crippen molar-refractivity contribution >= 4 is 11.8 Å². The van der Waals surface area contributed by atoms with Crippen LogP contribution in [0.4, 0.5) is 10.6 Å². The lowest BCUT2D eigenvalue weighted by Gasteiger charge is -2.01. The highest BCUT2D eigenvalue weighted by Crippen LogP contribution is 2.04. The quantitative estimate of drug-likeness (QED) is 0.467. The first-order valence-corrected chi connectivity index (χ1v) is 5.63. The Balaban J connectivity index is 2.34. The third-order valence-electron chi connectivity index (χ3n) is 2.28. The average molecular weight is 240 g/mol. The number of nitrogens with one attached hydrogen (secondary N) is 1. The predicted octanol–water partition coefficient (Wildman–Crippen LogP) is 1.93. The van der Waals surface area contributed by atoms with Gasteiger partial charge in [-0.3, -0.25) is 0 Å². The van der Waals surface area contributed by atoms with Crippen molar-refractivity contribution in [2.45, 2.75) is 32.6 Å². The summed E-state index contributed by atoms with van der Waals surface area (Å²) in [6.07, 6.45) is 5.53. The van der Waals surface area contributed by atoms with Gasteiger partial charge >= 0.3 is 11.8 Å². The summed E-state index contributed by atoms with van der Waals surface area (Å²) in [7, 11) is 0. The Morgan fingerprint density at radius 2 is 2.29 bits per heavy atom. The summed E-state index contributed by atoms with van der Waals surface area (Å²) in [4.78, 5) is 21.2. The van der Waals surface area contributed by atoms with Crippen molar-refractivity contribution in [1.82, 2.24) is 15.1 Å². The van der Waals surface area contributed by atoms with Crippen molar-refractivity contribution in [3.8, 4) is 0 Å². The van der Waals surface area contributed by atoms with E-state index in [1.807, 2.05) is 0 Å². The zero-order valence-electron chi connectivity index (χ0n) is 9.76. The Labute approximate surface area is 99.0 Å². The van der Waals surface area contributed by atoms with Gasteiger partial charge in [-0.25, -0.2) is 4.79 Å². The molecule has 0 aromatic carbocycles. The van der Waals surface area contributed by atoms with Gasteiger partial charge < -0.3 is 15.4 Å². The lowest BCUT2D eigenvalue weighted by atomic mass is 10.2. The minimum Gasteiger partial charge on any atom is -0.358 e. The zero-order valence-corrected chi connectivity index (χ0v) is 9.76. The molecule has 0 spiro atoms. The number of carbonyl (C=O) groups excluding carboxylic acids is 1. The molecule has 7 nitrogen and oxygen atoms in total. The molecular formula is C10H16N4O3. The molecule has 0 bridgehead atoms. The van der Waals surface area contributed by atoms with Crippen molar-refractivity contribution in [2.75, 3.05) is 6.54 Å². The second-order valence-electron chi connectivity index (χ2n) is 3.67. The van der Waals surface area contributed by atoms with Crippen LogP contribution < -0.4 is 5.32 Å². The molecule has 1 rings (SSSR count). The Hall–Kier alpha value is -1.92. The van der Waals surface area contributed by atoms with E-state index in [0.29, 0.717) is 6.54 Å². The molecule has 17 heavy (non-hydrogen) atoms. The summed E-state index contributed by atoms with van der Waals surface area (Å²) in [6, 6.07) is 0.756. The van der Waals surface area contributed by atoms with Gasteiger partial charge in [0.2, 0.25) is 0 Å². The normalized spacial score (nSPS) is 10.2. The van der Waals surface area contributed by atoms with E-state index < -0.39 is 11.0 Å². The molecule has 7 heteroatoms. The molecule has 1 aromatic heterocycles. The van der Waals surface area contributed by atoms with Gasteiger partial charge in [-0.1, -0.05) is 30.9 Å². The number of carbonyl (C=O) groups is 1. The minimum absolute atomic E-state index is 0.328. The number of hydrogen-bond donors (Lipinski definition) is 1. The van der Waals surface area contributed by atoms with Crippen molar-refractivity contribution in [3.63, 3.8) is 0 Å². The highest BCUT2D eigenvalue weighted by atomic mass is 16.6. The fourth-order valence-electron chi connectivity index (χ4n) is 1.35. The molecule has 94 valence electrons. The van der Waals surface area contributed by atoms with Crippen LogP contribution in [0.3, 0.4) is 0 Å². The molecule has 0 fully saturated rings. The Morgan fingerprint density at radius 3 is 2.88 bits per heavy atom. The van der Waals surface area contributed by atoms with E-state index in [-0.39, 0.29) is 5.82 Å². The summed E-state index contributed by atoms with van der Waals surface area (Å²) in [6.45, 7) is 2.67. The Morgan fingerprint density at radius 1 is 1.53 bits per heavy atom. The van der Waals surface area contributed by atoms with Gasteiger partial charge in [-0.15, -0.1) is 0 Å². The number of nitrogens with zero attached hydrogens (tertiary/aromatic N) is 3. The second kappa shape index (κ2) is 6.62. The highest BCUT2D eigenvalue weighted by Gasteiger charge is 2.15. The minimum atomic E-state index is -0.634. The largest absolute Gasteiger partial charge is 0.390 e. The fraction of sp³-hybridized carbons (Fsp3) is 0.600. The molecule has 0 radical (unpaired) electrons. The van der Waals surface area contributed by atoms with Gasteiger partial charge in [0.15, 0.2) is 0 Å². The van der Waals surface area contributed by atoms with E-state index in [0.717, 1.165) is 30.4 Å². The first kappa shape index (κ1) is 13.1. The van der Waals surface area contributed by atoms with Crippen molar-refractivity contribution < 1.29 is 9.72 Å². The van der Waals surface area contributed by atoms with Gasteiger partial charge in [0.1, 0.15) is 0 Å². The fourth-order valence-corrected chi connectivity index (χ4v) is 1.35. The summed E-state index contributed by atoms with van der Waals surface area (Å²) in [5, 5.41) is 16.5. The SMILES string of the molecule is CCCCCCNC(=O)n1ccc([N+](=O)[O-])n1. The Kier molecular flexibility index (Phi) is 5.12. The van der Waals surface area contributed by atoms with E-state index >= 15 is 0 Å². The van der Waals surface area contributed by atoms with E-state index in [2.05, 4.69) is 17.3 Å². The van der Waals surface area contributed by atoms with Crippen LogP contribution in [0.1, 0.15) is 32.6 Å². The van der Waals surface area contributed by atoms with Crippen LogP contribution >= 0.6 is 0 Å². The smallest absolute Gasteiger partial charge is 0.358 e. The third kappa shape index (κ3) is 4.21. The number of hydrogen-bond acceptors (Lipinski definition) is 4. The van der Waals surface area contributed by atoms with E-state index in [1.54, 1.807) is 0 Å². The molecule has 0 aliphatic heterocycles. The molecule has 0 atom stereocenters. The van der Waals surface area contributed by atoms with Crippen LogP contribution in [0.2, 0.25) is 0 Å². The molecular weight excluding hydrogens is 224 g/mol. The summed E-state index contributed by atoms with van der Waals surface area (Å²) >= 11 is 0. The number of aromatic nitrogens is 2. The molecule has 0 aliphatic carbocycles. The number of rotatable bonds is 6. The number of nitro groups is 1. The standard InChI is InChI=1S/C10H16N4O3/c1-2-3-4-5-7-11-10(15)13-8-6-9(12-13)14(16)17/h6,8H,2-5,7H2,1H3,(H,11,15). The molecule has 0 saturated heterocycles. The number of amides is 1. The van der Waals surface area contributed by atoms with Gasteiger partial charge in [-0.2, -0.15) is 0 Å². The van der Waals surface area contributed by atoms with Crippen LogP contribution in [0.15, 0.2) is 12.3 Å². The molecule has 1 aromatic rings. The molecule has 1 N–H and O–H groups in total.